The molecule has 0 saturated heterocycles. The monoisotopic (exact) mass is 299 g/mol. The van der Waals surface area contributed by atoms with Crippen LogP contribution in [0, 0.1) is 6.92 Å². The zero-order valence-electron chi connectivity index (χ0n) is 12.9. The first kappa shape index (κ1) is 16.0. The van der Waals surface area contributed by atoms with Crippen molar-refractivity contribution in [3.63, 3.8) is 0 Å². The van der Waals surface area contributed by atoms with Crippen molar-refractivity contribution in [3.05, 3.63) is 59.4 Å². The minimum Gasteiger partial charge on any atom is -0.383 e. The molecule has 2 N–H and O–H groups in total. The lowest BCUT2D eigenvalue weighted by molar-refractivity contribution is 0.0950. The Kier molecular flexibility index (Phi) is 5.91. The number of amides is 1. The molecule has 116 valence electrons. The van der Waals surface area contributed by atoms with E-state index in [2.05, 4.69) is 15.6 Å². The number of hydrogen-bond acceptors (Lipinski definition) is 4. The van der Waals surface area contributed by atoms with Gasteiger partial charge in [-0.2, -0.15) is 0 Å². The molecule has 22 heavy (non-hydrogen) atoms. The van der Waals surface area contributed by atoms with Crippen LogP contribution in [0.1, 0.15) is 21.5 Å². The van der Waals surface area contributed by atoms with Gasteiger partial charge in [0.25, 0.3) is 5.91 Å². The Labute approximate surface area is 130 Å². The van der Waals surface area contributed by atoms with Gasteiger partial charge >= 0.3 is 0 Å². The fourth-order valence-electron chi connectivity index (χ4n) is 2.09. The van der Waals surface area contributed by atoms with E-state index in [0.29, 0.717) is 18.7 Å². The molecule has 1 heterocycles. The van der Waals surface area contributed by atoms with E-state index in [-0.39, 0.29) is 5.91 Å². The standard InChI is InChI=1S/C17H21N3O2/c1-13-9-15(11-18-10-13)17(21)20-12-14-5-3-4-6-16(14)19-7-8-22-2/h3-6,9-11,19H,7-8,12H2,1-2H3,(H,20,21). The van der Waals surface area contributed by atoms with Gasteiger partial charge in [0.2, 0.25) is 0 Å². The Bertz CT molecular complexity index is 629. The number of aryl methyl sites for hydroxylation is 1. The topological polar surface area (TPSA) is 63.2 Å². The first-order chi connectivity index (χ1) is 10.7. The maximum atomic E-state index is 12.2. The van der Waals surface area contributed by atoms with Crippen molar-refractivity contribution in [2.75, 3.05) is 25.6 Å². The van der Waals surface area contributed by atoms with Gasteiger partial charge in [-0.3, -0.25) is 9.78 Å². The number of nitrogens with one attached hydrogen (secondary N) is 2. The van der Waals surface area contributed by atoms with Gasteiger partial charge in [-0.1, -0.05) is 18.2 Å². The molecule has 1 aromatic carbocycles. The van der Waals surface area contributed by atoms with E-state index >= 15 is 0 Å². The third-order valence-corrected chi connectivity index (χ3v) is 3.22. The molecular formula is C17H21N3O2. The SMILES string of the molecule is COCCNc1ccccc1CNC(=O)c1cncc(C)c1. The lowest BCUT2D eigenvalue weighted by atomic mass is 10.1. The van der Waals surface area contributed by atoms with E-state index < -0.39 is 0 Å². The molecule has 0 atom stereocenters. The van der Waals surface area contributed by atoms with E-state index in [4.69, 9.17) is 4.74 Å². The minimum absolute atomic E-state index is 0.122. The second-order valence-electron chi connectivity index (χ2n) is 5.01. The summed E-state index contributed by atoms with van der Waals surface area (Å²) in [5.74, 6) is -0.122. The van der Waals surface area contributed by atoms with Crippen LogP contribution in [0.15, 0.2) is 42.7 Å². The molecule has 0 aliphatic rings. The molecule has 0 bridgehead atoms. The second-order valence-corrected chi connectivity index (χ2v) is 5.01. The van der Waals surface area contributed by atoms with Crippen molar-refractivity contribution in [2.24, 2.45) is 0 Å². The number of carbonyl (C=O) groups is 1. The molecule has 0 radical (unpaired) electrons. The quantitative estimate of drug-likeness (QED) is 0.771. The maximum absolute atomic E-state index is 12.2. The Balaban J connectivity index is 1.97. The van der Waals surface area contributed by atoms with Gasteiger partial charge in [0.1, 0.15) is 0 Å². The molecule has 2 rings (SSSR count). The molecule has 5 nitrogen and oxygen atoms in total. The number of nitrogens with zero attached hydrogens (tertiary/aromatic N) is 1. The second kappa shape index (κ2) is 8.14. The fourth-order valence-corrected chi connectivity index (χ4v) is 2.09. The lowest BCUT2D eigenvalue weighted by Crippen LogP contribution is -2.23. The van der Waals surface area contributed by atoms with Crippen LogP contribution < -0.4 is 10.6 Å². The van der Waals surface area contributed by atoms with Crippen LogP contribution in [-0.4, -0.2) is 31.2 Å². The highest BCUT2D eigenvalue weighted by Crippen LogP contribution is 2.14. The molecule has 0 unspecified atom stereocenters. The van der Waals surface area contributed by atoms with E-state index in [1.165, 1.54) is 0 Å². The van der Waals surface area contributed by atoms with Crippen molar-refractivity contribution in [2.45, 2.75) is 13.5 Å². The molecular weight excluding hydrogens is 278 g/mol. The van der Waals surface area contributed by atoms with Crippen molar-refractivity contribution in [3.8, 4) is 0 Å². The Morgan fingerprint density at radius 3 is 2.86 bits per heavy atom. The van der Waals surface area contributed by atoms with Crippen LogP contribution >= 0.6 is 0 Å². The van der Waals surface area contributed by atoms with Gasteiger partial charge in [-0.05, 0) is 30.2 Å². The zero-order valence-corrected chi connectivity index (χ0v) is 12.9. The summed E-state index contributed by atoms with van der Waals surface area (Å²) in [7, 11) is 1.67. The van der Waals surface area contributed by atoms with Crippen molar-refractivity contribution >= 4 is 11.6 Å². The zero-order chi connectivity index (χ0) is 15.8. The van der Waals surface area contributed by atoms with Crippen molar-refractivity contribution in [1.82, 2.24) is 10.3 Å². The van der Waals surface area contributed by atoms with Gasteiger partial charge in [0.15, 0.2) is 0 Å². The highest BCUT2D eigenvalue weighted by molar-refractivity contribution is 5.94. The summed E-state index contributed by atoms with van der Waals surface area (Å²) >= 11 is 0. The van der Waals surface area contributed by atoms with Crippen LogP contribution in [0.25, 0.3) is 0 Å². The molecule has 0 saturated carbocycles. The van der Waals surface area contributed by atoms with Crippen LogP contribution in [0.2, 0.25) is 0 Å². The van der Waals surface area contributed by atoms with Crippen molar-refractivity contribution < 1.29 is 9.53 Å². The van der Waals surface area contributed by atoms with Gasteiger partial charge in [-0.15, -0.1) is 0 Å². The van der Waals surface area contributed by atoms with E-state index in [1.807, 2.05) is 37.3 Å². The fraction of sp³-hybridized carbons (Fsp3) is 0.294. The highest BCUT2D eigenvalue weighted by atomic mass is 16.5. The number of rotatable bonds is 7. The predicted molar refractivity (Wildman–Crippen MR) is 87.0 cm³/mol. The average molecular weight is 299 g/mol. The molecule has 0 aliphatic carbocycles. The summed E-state index contributed by atoms with van der Waals surface area (Å²) in [4.78, 5) is 16.2. The van der Waals surface area contributed by atoms with Crippen LogP contribution in [0.3, 0.4) is 0 Å². The van der Waals surface area contributed by atoms with Gasteiger partial charge in [0, 0.05) is 38.3 Å². The number of pyridine rings is 1. The number of ether oxygens (including phenoxy) is 1. The van der Waals surface area contributed by atoms with Gasteiger partial charge < -0.3 is 15.4 Å². The Morgan fingerprint density at radius 1 is 1.27 bits per heavy atom. The molecule has 2 aromatic rings. The minimum atomic E-state index is -0.122. The van der Waals surface area contributed by atoms with Crippen LogP contribution in [0.5, 0.6) is 0 Å². The Morgan fingerprint density at radius 2 is 2.09 bits per heavy atom. The first-order valence-electron chi connectivity index (χ1n) is 7.21. The smallest absolute Gasteiger partial charge is 0.253 e. The molecule has 5 heteroatoms. The number of para-hydroxylation sites is 1. The number of carbonyl (C=O) groups excluding carboxylic acids is 1. The number of anilines is 1. The predicted octanol–water partition coefficient (Wildman–Crippen LogP) is 2.38. The number of benzene rings is 1. The third kappa shape index (κ3) is 4.56. The maximum Gasteiger partial charge on any atom is 0.253 e. The Hall–Kier alpha value is -2.40. The summed E-state index contributed by atoms with van der Waals surface area (Å²) in [5.41, 5.74) is 3.58. The summed E-state index contributed by atoms with van der Waals surface area (Å²) in [6, 6.07) is 9.72. The molecule has 0 aliphatic heterocycles. The van der Waals surface area contributed by atoms with Gasteiger partial charge in [0.05, 0.1) is 12.2 Å². The number of aromatic nitrogens is 1. The molecule has 0 fully saturated rings. The average Bonchev–Trinajstić information content (AvgIpc) is 2.54. The largest absolute Gasteiger partial charge is 0.383 e. The molecule has 0 spiro atoms. The van der Waals surface area contributed by atoms with Crippen LogP contribution in [-0.2, 0) is 11.3 Å². The number of methoxy groups -OCH3 is 1. The molecule has 1 aromatic heterocycles. The first-order valence-corrected chi connectivity index (χ1v) is 7.21. The summed E-state index contributed by atoms with van der Waals surface area (Å²) in [6.45, 7) is 3.74. The summed E-state index contributed by atoms with van der Waals surface area (Å²) < 4.78 is 5.03. The third-order valence-electron chi connectivity index (χ3n) is 3.22. The normalized spacial score (nSPS) is 10.3. The summed E-state index contributed by atoms with van der Waals surface area (Å²) in [5, 5.41) is 6.22. The van der Waals surface area contributed by atoms with Crippen molar-refractivity contribution in [1.29, 1.82) is 0 Å². The van der Waals surface area contributed by atoms with Gasteiger partial charge in [-0.25, -0.2) is 0 Å². The summed E-state index contributed by atoms with van der Waals surface area (Å²) in [6.07, 6.45) is 3.30. The van der Waals surface area contributed by atoms with E-state index in [1.54, 1.807) is 19.5 Å². The molecule has 1 amide bonds. The van der Waals surface area contributed by atoms with Crippen LogP contribution in [0.4, 0.5) is 5.69 Å². The van der Waals surface area contributed by atoms with E-state index in [9.17, 15) is 4.79 Å². The number of hydrogen-bond donors (Lipinski definition) is 2. The van der Waals surface area contributed by atoms with E-state index in [0.717, 1.165) is 23.4 Å². The highest BCUT2D eigenvalue weighted by Gasteiger charge is 2.07. The lowest BCUT2D eigenvalue weighted by Gasteiger charge is -2.12.